The van der Waals surface area contributed by atoms with E-state index in [1.807, 2.05) is 6.20 Å². The normalized spacial score (nSPS) is 17.2. The first-order chi connectivity index (χ1) is 8.66. The number of piperazine rings is 1. The predicted molar refractivity (Wildman–Crippen MR) is 93.1 cm³/mol. The van der Waals surface area contributed by atoms with Crippen LogP contribution >= 0.6 is 40.7 Å². The first kappa shape index (κ1) is 20.1. The summed E-state index contributed by atoms with van der Waals surface area (Å²) >= 11 is 3.48. The molecule has 2 heterocycles. The summed E-state index contributed by atoms with van der Waals surface area (Å²) in [5.41, 5.74) is 1.38. The highest BCUT2D eigenvalue weighted by molar-refractivity contribution is 9.10. The molecular formula is C14H24BrCl2N3. The number of hydrogen-bond acceptors (Lipinski definition) is 3. The Morgan fingerprint density at radius 1 is 1.30 bits per heavy atom. The second-order valence-electron chi connectivity index (χ2n) is 5.34. The average Bonchev–Trinajstić information content (AvgIpc) is 2.37. The third-order valence-electron chi connectivity index (χ3n) is 3.42. The number of nitrogens with zero attached hydrogens (tertiary/aromatic N) is 2. The van der Waals surface area contributed by atoms with E-state index in [9.17, 15) is 0 Å². The van der Waals surface area contributed by atoms with Crippen LogP contribution in [0.3, 0.4) is 0 Å². The van der Waals surface area contributed by atoms with Gasteiger partial charge in [0.2, 0.25) is 0 Å². The van der Waals surface area contributed by atoms with E-state index in [0.29, 0.717) is 12.0 Å². The van der Waals surface area contributed by atoms with E-state index in [1.165, 1.54) is 12.0 Å². The molecule has 1 aromatic heterocycles. The summed E-state index contributed by atoms with van der Waals surface area (Å²) in [7, 11) is 0. The monoisotopic (exact) mass is 383 g/mol. The molecule has 0 unspecified atom stereocenters. The zero-order valence-electron chi connectivity index (χ0n) is 12.0. The van der Waals surface area contributed by atoms with Gasteiger partial charge in [-0.05, 0) is 46.0 Å². The molecule has 1 N–H and O–H groups in total. The second kappa shape index (κ2) is 9.96. The van der Waals surface area contributed by atoms with Crippen LogP contribution in [0.15, 0.2) is 22.9 Å². The van der Waals surface area contributed by atoms with Crippen LogP contribution in [-0.2, 0) is 0 Å². The lowest BCUT2D eigenvalue weighted by Crippen LogP contribution is -2.45. The zero-order chi connectivity index (χ0) is 13.0. The van der Waals surface area contributed by atoms with Gasteiger partial charge in [-0.25, -0.2) is 4.98 Å². The lowest BCUT2D eigenvalue weighted by atomic mass is 9.96. The molecule has 0 aromatic carbocycles. The fourth-order valence-electron chi connectivity index (χ4n) is 2.56. The van der Waals surface area contributed by atoms with Crippen molar-refractivity contribution < 1.29 is 0 Å². The first-order valence-electron chi connectivity index (χ1n) is 6.73. The van der Waals surface area contributed by atoms with E-state index in [-0.39, 0.29) is 24.8 Å². The molecule has 0 bridgehead atoms. The summed E-state index contributed by atoms with van der Waals surface area (Å²) in [6, 6.07) is 4.83. The number of nitrogens with one attached hydrogen (secondary N) is 1. The first-order valence-corrected chi connectivity index (χ1v) is 7.52. The summed E-state index contributed by atoms with van der Waals surface area (Å²) in [4.78, 5) is 6.83. The van der Waals surface area contributed by atoms with Crippen molar-refractivity contribution >= 4 is 40.7 Å². The van der Waals surface area contributed by atoms with Gasteiger partial charge in [-0.1, -0.05) is 13.8 Å². The molecule has 6 heteroatoms. The van der Waals surface area contributed by atoms with Gasteiger partial charge >= 0.3 is 0 Å². The van der Waals surface area contributed by atoms with Crippen LogP contribution in [0.2, 0.25) is 0 Å². The van der Waals surface area contributed by atoms with Gasteiger partial charge in [-0.15, -0.1) is 24.8 Å². The molecule has 0 radical (unpaired) electrons. The van der Waals surface area contributed by atoms with Gasteiger partial charge in [0.15, 0.2) is 0 Å². The van der Waals surface area contributed by atoms with Crippen molar-refractivity contribution in [3.63, 3.8) is 0 Å². The third kappa shape index (κ3) is 5.86. The molecule has 1 fully saturated rings. The molecule has 0 spiro atoms. The molecule has 3 nitrogen and oxygen atoms in total. The van der Waals surface area contributed by atoms with Crippen molar-refractivity contribution in [1.82, 2.24) is 15.2 Å². The van der Waals surface area contributed by atoms with Gasteiger partial charge in [0.1, 0.15) is 4.60 Å². The fourth-order valence-corrected chi connectivity index (χ4v) is 2.94. The lowest BCUT2D eigenvalue weighted by molar-refractivity contribution is 0.154. The summed E-state index contributed by atoms with van der Waals surface area (Å²) < 4.78 is 0.934. The van der Waals surface area contributed by atoms with Gasteiger partial charge in [-0.3, -0.25) is 4.90 Å². The molecule has 1 aliphatic rings. The third-order valence-corrected chi connectivity index (χ3v) is 3.86. The predicted octanol–water partition coefficient (Wildman–Crippen LogP) is 3.68. The van der Waals surface area contributed by atoms with Gasteiger partial charge in [0.05, 0.1) is 0 Å². The molecule has 1 aromatic rings. The highest BCUT2D eigenvalue weighted by Crippen LogP contribution is 2.28. The Labute approximate surface area is 142 Å². The molecular weight excluding hydrogens is 361 g/mol. The molecule has 0 aliphatic carbocycles. The number of hydrogen-bond donors (Lipinski definition) is 1. The maximum Gasteiger partial charge on any atom is 0.106 e. The van der Waals surface area contributed by atoms with E-state index in [2.05, 4.69) is 57.1 Å². The smallest absolute Gasteiger partial charge is 0.106 e. The molecule has 0 saturated carbocycles. The Bertz CT molecular complexity index is 384. The summed E-state index contributed by atoms with van der Waals surface area (Å²) in [6.07, 6.45) is 3.10. The van der Waals surface area contributed by atoms with Crippen molar-refractivity contribution in [2.24, 2.45) is 5.92 Å². The Balaban J connectivity index is 0.00000180. The van der Waals surface area contributed by atoms with Gasteiger partial charge in [0, 0.05) is 38.4 Å². The minimum absolute atomic E-state index is 0. The number of halogens is 3. The molecule has 20 heavy (non-hydrogen) atoms. The van der Waals surface area contributed by atoms with Crippen molar-refractivity contribution in [3.8, 4) is 0 Å². The van der Waals surface area contributed by atoms with E-state index in [1.54, 1.807) is 0 Å². The summed E-state index contributed by atoms with van der Waals surface area (Å²) in [5.74, 6) is 0.705. The minimum atomic E-state index is 0. The lowest BCUT2D eigenvalue weighted by Gasteiger charge is -2.36. The van der Waals surface area contributed by atoms with E-state index < -0.39 is 0 Å². The molecule has 2 rings (SSSR count). The summed E-state index contributed by atoms with van der Waals surface area (Å²) in [6.45, 7) is 9.06. The average molecular weight is 385 g/mol. The maximum atomic E-state index is 4.23. The van der Waals surface area contributed by atoms with Crippen LogP contribution in [0.1, 0.15) is 31.9 Å². The Morgan fingerprint density at radius 3 is 2.50 bits per heavy atom. The standard InChI is InChI=1S/C14H22BrN3.2ClH/c1-11(2)9-13(18-7-5-16-6-8-18)12-3-4-17-14(15)10-12;;/h3-4,10-11,13,16H,5-9H2,1-2H3;2*1H/t13-;;/m0../s1. The van der Waals surface area contributed by atoms with Crippen molar-refractivity contribution in [3.05, 3.63) is 28.5 Å². The molecule has 0 amide bonds. The Kier molecular flexibility index (Phi) is 10.0. The van der Waals surface area contributed by atoms with Crippen LogP contribution < -0.4 is 5.32 Å². The van der Waals surface area contributed by atoms with Crippen LogP contribution in [0.5, 0.6) is 0 Å². The highest BCUT2D eigenvalue weighted by Gasteiger charge is 2.23. The quantitative estimate of drug-likeness (QED) is 0.802. The van der Waals surface area contributed by atoms with Crippen molar-refractivity contribution in [2.45, 2.75) is 26.3 Å². The molecule has 116 valence electrons. The summed E-state index contributed by atoms with van der Waals surface area (Å²) in [5, 5.41) is 3.42. The number of pyridine rings is 1. The zero-order valence-corrected chi connectivity index (χ0v) is 15.2. The molecule has 1 aliphatic heterocycles. The Morgan fingerprint density at radius 2 is 1.95 bits per heavy atom. The van der Waals surface area contributed by atoms with Crippen molar-refractivity contribution in [2.75, 3.05) is 26.2 Å². The van der Waals surface area contributed by atoms with Crippen LogP contribution in [0.4, 0.5) is 0 Å². The van der Waals surface area contributed by atoms with E-state index in [0.717, 1.165) is 30.8 Å². The van der Waals surface area contributed by atoms with E-state index in [4.69, 9.17) is 0 Å². The largest absolute Gasteiger partial charge is 0.314 e. The van der Waals surface area contributed by atoms with Gasteiger partial charge < -0.3 is 5.32 Å². The number of rotatable bonds is 4. The minimum Gasteiger partial charge on any atom is -0.314 e. The molecule has 1 saturated heterocycles. The SMILES string of the molecule is CC(C)C[C@@H](c1ccnc(Br)c1)N1CCNCC1.Cl.Cl. The maximum absolute atomic E-state index is 4.23. The molecule has 1 atom stereocenters. The van der Waals surface area contributed by atoms with Gasteiger partial charge in [-0.2, -0.15) is 0 Å². The van der Waals surface area contributed by atoms with Gasteiger partial charge in [0.25, 0.3) is 0 Å². The van der Waals surface area contributed by atoms with E-state index >= 15 is 0 Å². The Hall–Kier alpha value is 0.130. The van der Waals surface area contributed by atoms with Crippen LogP contribution in [0.25, 0.3) is 0 Å². The number of aromatic nitrogens is 1. The van der Waals surface area contributed by atoms with Crippen LogP contribution in [-0.4, -0.2) is 36.1 Å². The van der Waals surface area contributed by atoms with Crippen LogP contribution in [0, 0.1) is 5.92 Å². The highest BCUT2D eigenvalue weighted by atomic mass is 79.9. The van der Waals surface area contributed by atoms with Crippen molar-refractivity contribution in [1.29, 1.82) is 0 Å². The second-order valence-corrected chi connectivity index (χ2v) is 6.16. The topological polar surface area (TPSA) is 28.2 Å². The fraction of sp³-hybridized carbons (Fsp3) is 0.643.